The van der Waals surface area contributed by atoms with E-state index in [1.54, 1.807) is 6.20 Å². The van der Waals surface area contributed by atoms with Crippen molar-refractivity contribution in [1.29, 1.82) is 0 Å². The molecule has 4 aliphatic carbocycles. The first-order valence-electron chi connectivity index (χ1n) is 26.5. The Labute approximate surface area is 450 Å². The number of carboxylic acids is 1. The van der Waals surface area contributed by atoms with Crippen LogP contribution < -0.4 is 10.2 Å². The average Bonchev–Trinajstić information content (AvgIpc) is 4.04. The Morgan fingerprint density at radius 1 is 0.855 bits per heavy atom. The largest absolute Gasteiger partial charge is 0.476 e. The van der Waals surface area contributed by atoms with Crippen molar-refractivity contribution in [3.05, 3.63) is 101 Å². The number of unbranched alkanes of at least 4 members (excludes halogenated alkanes) is 3. The third-order valence-corrected chi connectivity index (χ3v) is 19.3. The lowest BCUT2D eigenvalue weighted by atomic mass is 9.39. The van der Waals surface area contributed by atoms with Crippen LogP contribution in [0.25, 0.3) is 21.3 Å². The summed E-state index contributed by atoms with van der Waals surface area (Å²) in [5.41, 5.74) is 4.76. The third kappa shape index (κ3) is 13.0. The molecule has 0 spiro atoms. The van der Waals surface area contributed by atoms with Gasteiger partial charge in [-0.1, -0.05) is 62.4 Å². The number of fused-ring (bicyclic) bond motifs is 2. The van der Waals surface area contributed by atoms with Gasteiger partial charge in [-0.05, 0) is 142 Å². The van der Waals surface area contributed by atoms with Crippen molar-refractivity contribution in [3.8, 4) is 11.1 Å². The normalized spacial score (nSPS) is 23.0. The van der Waals surface area contributed by atoms with E-state index >= 15 is 0 Å². The molecule has 5 aliphatic rings. The number of ether oxygens (including phenoxy) is 1. The zero-order valence-electron chi connectivity index (χ0n) is 43.9. The fraction of sp³-hybridized carbons (Fsp3) is 0.536. The summed E-state index contributed by atoms with van der Waals surface area (Å²) in [5.74, 6) is -1.14. The maximum Gasteiger partial charge on any atom is 0.355 e. The van der Waals surface area contributed by atoms with Crippen molar-refractivity contribution >= 4 is 70.1 Å². The van der Waals surface area contributed by atoms with Crippen LogP contribution >= 0.6 is 11.3 Å². The van der Waals surface area contributed by atoms with Crippen LogP contribution in [0.5, 0.6) is 0 Å². The van der Waals surface area contributed by atoms with E-state index in [4.69, 9.17) is 14.8 Å². The van der Waals surface area contributed by atoms with Gasteiger partial charge in [-0.3, -0.25) is 29.0 Å². The number of benzene rings is 2. The summed E-state index contributed by atoms with van der Waals surface area (Å²) in [6, 6.07) is 17.1. The number of carbonyl (C=O) groups is 3. The zero-order chi connectivity index (χ0) is 54.1. The van der Waals surface area contributed by atoms with Gasteiger partial charge < -0.3 is 14.7 Å². The van der Waals surface area contributed by atoms with E-state index in [2.05, 4.69) is 30.7 Å². The fourth-order valence-corrected chi connectivity index (χ4v) is 16.2. The average molecular weight is 1100 g/mol. The third-order valence-electron chi connectivity index (χ3n) is 16.3. The van der Waals surface area contributed by atoms with Crippen molar-refractivity contribution in [3.63, 3.8) is 0 Å². The van der Waals surface area contributed by atoms with E-state index in [0.29, 0.717) is 118 Å². The van der Waals surface area contributed by atoms with Gasteiger partial charge in [-0.2, -0.15) is 13.5 Å². The summed E-state index contributed by atoms with van der Waals surface area (Å²) in [4.78, 5) is 52.8. The molecule has 0 radical (unpaired) electrons. The Balaban J connectivity index is 0.844. The van der Waals surface area contributed by atoms with Crippen LogP contribution in [0.4, 0.5) is 10.9 Å². The number of ketones is 1. The molecule has 17 nitrogen and oxygen atoms in total. The van der Waals surface area contributed by atoms with Gasteiger partial charge in [0.05, 0.1) is 40.1 Å². The number of hydrogen-bond donors (Lipinski definition) is 3. The van der Waals surface area contributed by atoms with Crippen LogP contribution in [0.3, 0.4) is 0 Å². The molecule has 5 aromatic rings. The highest BCUT2D eigenvalue weighted by Crippen LogP contribution is 2.72. The molecular formula is C56H71N7O10S3. The van der Waals surface area contributed by atoms with E-state index < -0.39 is 37.3 Å². The first-order chi connectivity index (χ1) is 36.1. The second-order valence-electron chi connectivity index (χ2n) is 22.9. The molecule has 10 rings (SSSR count). The number of hydrogen-bond acceptors (Lipinski definition) is 14. The number of pyridine rings is 1. The fourth-order valence-electron chi connectivity index (χ4n) is 14.1. The predicted octanol–water partition coefficient (Wildman–Crippen LogP) is 9.56. The van der Waals surface area contributed by atoms with Crippen molar-refractivity contribution in [2.24, 2.45) is 16.2 Å². The summed E-state index contributed by atoms with van der Waals surface area (Å²) < 4.78 is 66.7. The van der Waals surface area contributed by atoms with E-state index in [1.165, 1.54) is 11.3 Å². The Morgan fingerprint density at radius 3 is 2.33 bits per heavy atom. The molecule has 2 unspecified atom stereocenters. The van der Waals surface area contributed by atoms with Gasteiger partial charge in [0.15, 0.2) is 20.7 Å². The molecule has 3 aromatic heterocycles. The summed E-state index contributed by atoms with van der Waals surface area (Å²) >= 11 is 1.42. The maximum atomic E-state index is 13.7. The number of aromatic nitrogens is 4. The van der Waals surface area contributed by atoms with Crippen LogP contribution in [0.15, 0.2) is 72.8 Å². The molecule has 3 N–H and O–H groups in total. The number of Topliss-reactive ketones (excluding diaryl/α,β-unsaturated/α-hetero) is 1. The lowest BCUT2D eigenvalue weighted by Crippen LogP contribution is -2.64. The molecule has 1 aliphatic heterocycles. The van der Waals surface area contributed by atoms with Crippen LogP contribution in [-0.2, 0) is 49.0 Å². The van der Waals surface area contributed by atoms with Gasteiger partial charge in [0.2, 0.25) is 0 Å². The summed E-state index contributed by atoms with van der Waals surface area (Å²) in [6.45, 7) is 13.2. The van der Waals surface area contributed by atoms with E-state index in [9.17, 15) is 40.9 Å². The molecule has 4 fully saturated rings. The van der Waals surface area contributed by atoms with Crippen molar-refractivity contribution in [1.82, 2.24) is 24.6 Å². The second-order valence-corrected chi connectivity index (χ2v) is 27.6. The van der Waals surface area contributed by atoms with Crippen LogP contribution in [0.1, 0.15) is 135 Å². The standard InChI is InChI=1S/C56H71N7O10S3/c1-5-75(68,69)28-12-6-7-15-41(64)16-10-11-23-61(26-29-76(70,71)72)25-27-73-56-35-53(3)32-54(4,36-56)34-55(33-53,37-56)38-63-39(2)44(30-57-63)42-20-21-48(59-49(42)51(66)67)62-24-22-40-14-13-17-43(45(40)31-62)50(65)60-52-58-46-18-8-9-19-47(46)74-52/h5,8-9,13-14,17-21,30H,1,6-7,10-12,15-16,22-29,31-38H2,2-4H3,(H,66,67)(H,58,60,65)(H,70,71,72). The predicted molar refractivity (Wildman–Crippen MR) is 295 cm³/mol. The monoisotopic (exact) mass is 1100 g/mol. The lowest BCUT2D eigenvalue weighted by molar-refractivity contribution is -0.248. The highest BCUT2D eigenvalue weighted by atomic mass is 32.2. The van der Waals surface area contributed by atoms with Gasteiger partial charge in [-0.25, -0.2) is 23.2 Å². The molecule has 408 valence electrons. The number of rotatable bonds is 26. The number of sulfone groups is 1. The number of nitrogens with one attached hydrogen (secondary N) is 1. The molecule has 0 saturated heterocycles. The van der Waals surface area contributed by atoms with E-state index in [1.807, 2.05) is 76.0 Å². The van der Waals surface area contributed by atoms with Gasteiger partial charge >= 0.3 is 5.97 Å². The molecule has 2 aromatic carbocycles. The molecule has 2 atom stereocenters. The Bertz CT molecular complexity index is 3190. The van der Waals surface area contributed by atoms with E-state index in [-0.39, 0.29) is 45.9 Å². The quantitative estimate of drug-likeness (QED) is 0.0346. The number of nitrogens with zero attached hydrogens (tertiary/aromatic N) is 6. The smallest absolute Gasteiger partial charge is 0.355 e. The minimum Gasteiger partial charge on any atom is -0.476 e. The van der Waals surface area contributed by atoms with Gasteiger partial charge in [-0.15, -0.1) is 0 Å². The van der Waals surface area contributed by atoms with Gasteiger partial charge in [0.1, 0.15) is 11.6 Å². The highest BCUT2D eigenvalue weighted by molar-refractivity contribution is 7.94. The molecule has 20 heteroatoms. The Kier molecular flexibility index (Phi) is 16.1. The van der Waals surface area contributed by atoms with Crippen LogP contribution in [0.2, 0.25) is 0 Å². The first-order valence-corrected chi connectivity index (χ1v) is 30.7. The minimum atomic E-state index is -4.20. The Morgan fingerprint density at radius 2 is 1.61 bits per heavy atom. The van der Waals surface area contributed by atoms with Crippen LogP contribution in [0, 0.1) is 23.2 Å². The summed E-state index contributed by atoms with van der Waals surface area (Å²) in [7, 11) is -7.44. The molecule has 1 amide bonds. The number of thiazole rings is 1. The number of para-hydroxylation sites is 1. The topological polar surface area (TPSA) is 231 Å². The minimum absolute atomic E-state index is 0.0278. The molecular weight excluding hydrogens is 1030 g/mol. The highest BCUT2D eigenvalue weighted by Gasteiger charge is 2.66. The lowest BCUT2D eigenvalue weighted by Gasteiger charge is -2.69. The SMILES string of the molecule is C=CS(=O)(=O)CCCCCC(=O)CCCCN(CCOC12CC3(C)CC(C)(CC(Cn4ncc(-c5ccc(N6CCc7cccc(C(=O)Nc8nc9ccccc9s8)c7C6)nc5C(=O)O)c4C)(C3)C1)C2)CCS(=O)(=O)O. The molecule has 4 bridgehead atoms. The van der Waals surface area contributed by atoms with E-state index in [0.717, 1.165) is 71.0 Å². The summed E-state index contributed by atoms with van der Waals surface area (Å²) in [6.07, 6.45) is 12.0. The Hall–Kier alpha value is -5.38. The first kappa shape index (κ1) is 55.4. The zero-order valence-corrected chi connectivity index (χ0v) is 46.3. The maximum absolute atomic E-state index is 13.7. The van der Waals surface area contributed by atoms with Crippen molar-refractivity contribution in [2.45, 2.75) is 129 Å². The number of carbonyl (C=O) groups excluding carboxylic acids is 2. The van der Waals surface area contributed by atoms with Gasteiger partial charge in [0, 0.05) is 73.4 Å². The number of carboxylic acid groups (broad SMARTS) is 1. The molecule has 76 heavy (non-hydrogen) atoms. The number of aromatic carboxylic acids is 1. The number of amides is 1. The van der Waals surface area contributed by atoms with Crippen molar-refractivity contribution in [2.75, 3.05) is 54.5 Å². The summed E-state index contributed by atoms with van der Waals surface area (Å²) in [5, 5.41) is 20.1. The van der Waals surface area contributed by atoms with Gasteiger partial charge in [0.25, 0.3) is 16.0 Å². The van der Waals surface area contributed by atoms with Crippen LogP contribution in [-0.4, -0.2) is 119 Å². The van der Waals surface area contributed by atoms with Crippen molar-refractivity contribution < 1.29 is 45.6 Å². The molecule has 4 heterocycles. The molecule has 4 saturated carbocycles. The second kappa shape index (κ2) is 22.2. The number of anilines is 2.